The van der Waals surface area contributed by atoms with Crippen molar-refractivity contribution in [2.75, 3.05) is 0 Å². The van der Waals surface area contributed by atoms with E-state index in [0.717, 1.165) is 9.99 Å². The van der Waals surface area contributed by atoms with E-state index < -0.39 is 0 Å². The summed E-state index contributed by atoms with van der Waals surface area (Å²) in [5, 5.41) is 0.988. The third-order valence-electron chi connectivity index (χ3n) is 1.77. The van der Waals surface area contributed by atoms with Gasteiger partial charge >= 0.3 is 0 Å². The molecule has 4 heteroatoms. The van der Waals surface area contributed by atoms with Gasteiger partial charge in [0.15, 0.2) is 5.43 Å². The number of aromatic amines is 1. The van der Waals surface area contributed by atoms with Crippen molar-refractivity contribution in [3.63, 3.8) is 0 Å². The van der Waals surface area contributed by atoms with Gasteiger partial charge in [-0.25, -0.2) is 0 Å². The Labute approximate surface area is 87.7 Å². The first kappa shape index (κ1) is 8.78. The highest BCUT2D eigenvalue weighted by atomic mass is 79.9. The van der Waals surface area contributed by atoms with Crippen LogP contribution in [0.15, 0.2) is 33.5 Å². The van der Waals surface area contributed by atoms with Crippen molar-refractivity contribution in [3.05, 3.63) is 44.1 Å². The molecule has 13 heavy (non-hydrogen) atoms. The van der Waals surface area contributed by atoms with E-state index in [1.165, 1.54) is 6.07 Å². The monoisotopic (exact) mass is 257 g/mol. The lowest BCUT2D eigenvalue weighted by molar-refractivity contribution is 1.38. The smallest absolute Gasteiger partial charge is 0.192 e. The Morgan fingerprint density at radius 1 is 1.38 bits per heavy atom. The fourth-order valence-corrected chi connectivity index (χ4v) is 1.99. The van der Waals surface area contributed by atoms with Gasteiger partial charge in [0.1, 0.15) is 5.15 Å². The summed E-state index contributed by atoms with van der Waals surface area (Å²) in [4.78, 5) is 14.4. The van der Waals surface area contributed by atoms with Crippen molar-refractivity contribution in [2.45, 2.75) is 0 Å². The Morgan fingerprint density at radius 3 is 2.92 bits per heavy atom. The molecule has 2 aromatic rings. The van der Waals surface area contributed by atoms with Crippen LogP contribution in [-0.2, 0) is 0 Å². The van der Waals surface area contributed by atoms with Crippen LogP contribution in [-0.4, -0.2) is 4.98 Å². The van der Waals surface area contributed by atoms with Gasteiger partial charge in [-0.15, -0.1) is 0 Å². The molecular formula is C9H5BrClNO. The largest absolute Gasteiger partial charge is 0.345 e. The molecular weight excluding hydrogens is 253 g/mol. The predicted octanol–water partition coefficient (Wildman–Crippen LogP) is 2.94. The van der Waals surface area contributed by atoms with Crippen LogP contribution in [0.1, 0.15) is 0 Å². The molecule has 2 rings (SSSR count). The van der Waals surface area contributed by atoms with Gasteiger partial charge in [0.25, 0.3) is 0 Å². The number of nitrogens with one attached hydrogen (secondary N) is 1. The molecule has 0 spiro atoms. The van der Waals surface area contributed by atoms with Gasteiger partial charge in [-0.1, -0.05) is 17.7 Å². The first-order valence-corrected chi connectivity index (χ1v) is 4.82. The SMILES string of the molecule is O=c1cc(Cl)[nH]c2cccc(Br)c12. The second-order valence-corrected chi connectivity index (χ2v) is 3.91. The zero-order valence-electron chi connectivity index (χ0n) is 6.47. The Hall–Kier alpha value is -0.800. The number of fused-ring (bicyclic) bond motifs is 1. The first-order chi connectivity index (χ1) is 6.18. The molecule has 0 aliphatic heterocycles. The molecule has 0 aliphatic carbocycles. The van der Waals surface area contributed by atoms with Crippen LogP contribution < -0.4 is 5.43 Å². The lowest BCUT2D eigenvalue weighted by atomic mass is 10.2. The van der Waals surface area contributed by atoms with E-state index in [2.05, 4.69) is 20.9 Å². The molecule has 1 heterocycles. The van der Waals surface area contributed by atoms with Crippen molar-refractivity contribution < 1.29 is 0 Å². The molecule has 2 nitrogen and oxygen atoms in total. The van der Waals surface area contributed by atoms with Gasteiger partial charge < -0.3 is 4.98 Å². The van der Waals surface area contributed by atoms with Crippen LogP contribution >= 0.6 is 27.5 Å². The minimum Gasteiger partial charge on any atom is -0.345 e. The number of hydrogen-bond acceptors (Lipinski definition) is 1. The molecule has 1 N–H and O–H groups in total. The first-order valence-electron chi connectivity index (χ1n) is 3.65. The molecule has 0 atom stereocenters. The summed E-state index contributed by atoms with van der Waals surface area (Å²) in [6.45, 7) is 0. The highest BCUT2D eigenvalue weighted by Crippen LogP contribution is 2.19. The van der Waals surface area contributed by atoms with Gasteiger partial charge in [0, 0.05) is 10.5 Å². The molecule has 1 aromatic carbocycles. The van der Waals surface area contributed by atoms with Crippen LogP contribution in [0.3, 0.4) is 0 Å². The summed E-state index contributed by atoms with van der Waals surface area (Å²) in [6.07, 6.45) is 0. The fourth-order valence-electron chi connectivity index (χ4n) is 1.23. The van der Waals surface area contributed by atoms with E-state index in [1.807, 2.05) is 18.2 Å². The van der Waals surface area contributed by atoms with E-state index in [1.54, 1.807) is 0 Å². The molecule has 66 valence electrons. The molecule has 0 saturated heterocycles. The number of pyridine rings is 1. The molecule has 0 radical (unpaired) electrons. The lowest BCUT2D eigenvalue weighted by Gasteiger charge is -1.99. The predicted molar refractivity (Wildman–Crippen MR) is 57.3 cm³/mol. The molecule has 1 aromatic heterocycles. The minimum absolute atomic E-state index is 0.0776. The van der Waals surface area contributed by atoms with Gasteiger partial charge in [0.05, 0.1) is 10.9 Å². The maximum atomic E-state index is 11.5. The van der Waals surface area contributed by atoms with Crippen molar-refractivity contribution in [1.29, 1.82) is 0 Å². The Balaban J connectivity index is 3.03. The summed E-state index contributed by atoms with van der Waals surface area (Å²) in [5.41, 5.74) is 0.665. The average Bonchev–Trinajstić information content (AvgIpc) is 2.02. The van der Waals surface area contributed by atoms with E-state index in [0.29, 0.717) is 10.5 Å². The molecule has 0 fully saturated rings. The van der Waals surface area contributed by atoms with Crippen LogP contribution in [0, 0.1) is 0 Å². The molecule has 0 aliphatic rings. The number of aromatic nitrogens is 1. The normalized spacial score (nSPS) is 10.6. The molecule has 0 bridgehead atoms. The average molecular weight is 259 g/mol. The van der Waals surface area contributed by atoms with Crippen LogP contribution in [0.4, 0.5) is 0 Å². The van der Waals surface area contributed by atoms with Gasteiger partial charge in [-0.2, -0.15) is 0 Å². The van der Waals surface area contributed by atoms with Crippen LogP contribution in [0.5, 0.6) is 0 Å². The second-order valence-electron chi connectivity index (χ2n) is 2.64. The zero-order chi connectivity index (χ0) is 9.42. The quantitative estimate of drug-likeness (QED) is 0.724. The number of halogens is 2. The summed E-state index contributed by atoms with van der Waals surface area (Å²) in [5.74, 6) is 0. The maximum Gasteiger partial charge on any atom is 0.192 e. The summed E-state index contributed by atoms with van der Waals surface area (Å²) >= 11 is 9.01. The molecule has 0 unspecified atom stereocenters. The Kier molecular flexibility index (Phi) is 2.14. The number of H-pyrrole nitrogens is 1. The minimum atomic E-state index is -0.0776. The number of rotatable bonds is 0. The fraction of sp³-hybridized carbons (Fsp3) is 0. The Bertz CT molecular complexity index is 520. The summed E-state index contributed by atoms with van der Waals surface area (Å²) in [7, 11) is 0. The third kappa shape index (κ3) is 1.49. The van der Waals surface area contributed by atoms with Crippen molar-refractivity contribution >= 4 is 38.4 Å². The number of benzene rings is 1. The zero-order valence-corrected chi connectivity index (χ0v) is 8.82. The van der Waals surface area contributed by atoms with Gasteiger partial charge in [-0.05, 0) is 28.1 Å². The van der Waals surface area contributed by atoms with Crippen LogP contribution in [0.25, 0.3) is 10.9 Å². The third-order valence-corrected chi connectivity index (χ3v) is 2.64. The molecule has 0 saturated carbocycles. The van der Waals surface area contributed by atoms with E-state index >= 15 is 0 Å². The summed E-state index contributed by atoms with van der Waals surface area (Å²) < 4.78 is 0.780. The lowest BCUT2D eigenvalue weighted by Crippen LogP contribution is -2.01. The maximum absolute atomic E-state index is 11.5. The van der Waals surface area contributed by atoms with E-state index in [-0.39, 0.29) is 5.43 Å². The highest BCUT2D eigenvalue weighted by Gasteiger charge is 2.03. The summed E-state index contributed by atoms with van der Waals surface area (Å²) in [6, 6.07) is 6.85. The number of hydrogen-bond donors (Lipinski definition) is 1. The standard InChI is InChI=1S/C9H5BrClNO/c10-5-2-1-3-6-9(5)7(13)4-8(11)12-6/h1-4H,(H,12,13). The van der Waals surface area contributed by atoms with Crippen LogP contribution in [0.2, 0.25) is 5.15 Å². The highest BCUT2D eigenvalue weighted by molar-refractivity contribution is 9.10. The van der Waals surface area contributed by atoms with E-state index in [4.69, 9.17) is 11.6 Å². The topological polar surface area (TPSA) is 32.9 Å². The van der Waals surface area contributed by atoms with Gasteiger partial charge in [-0.3, -0.25) is 4.79 Å². The Morgan fingerprint density at radius 2 is 2.15 bits per heavy atom. The van der Waals surface area contributed by atoms with Gasteiger partial charge in [0.2, 0.25) is 0 Å². The van der Waals surface area contributed by atoms with E-state index in [9.17, 15) is 4.79 Å². The van der Waals surface area contributed by atoms with Crippen molar-refractivity contribution in [2.24, 2.45) is 0 Å². The van der Waals surface area contributed by atoms with Crippen molar-refractivity contribution in [1.82, 2.24) is 4.98 Å². The molecule has 0 amide bonds. The van der Waals surface area contributed by atoms with Crippen molar-refractivity contribution in [3.8, 4) is 0 Å². The second kappa shape index (κ2) is 3.16.